The Morgan fingerprint density at radius 2 is 2.14 bits per heavy atom. The standard InChI is InChI=1S/C16H16FN3O2/c17-10-3-4-11-12(8-14(21)19-13(11)7-10)15(22)20-16(9-18)5-1-2-6-16/h3-4,7,12H,1-2,5-6,8H2,(H,19,21)(H,20,22). The molecule has 6 heteroatoms. The van der Waals surface area contributed by atoms with Crippen molar-refractivity contribution in [3.8, 4) is 6.07 Å². The highest BCUT2D eigenvalue weighted by molar-refractivity contribution is 6.01. The van der Waals surface area contributed by atoms with Crippen LogP contribution in [-0.4, -0.2) is 17.4 Å². The van der Waals surface area contributed by atoms with Gasteiger partial charge in [0.2, 0.25) is 11.8 Å². The van der Waals surface area contributed by atoms with Gasteiger partial charge in [-0.1, -0.05) is 6.07 Å². The van der Waals surface area contributed by atoms with Crippen LogP contribution in [0.2, 0.25) is 0 Å². The van der Waals surface area contributed by atoms with Gasteiger partial charge in [0.25, 0.3) is 0 Å². The second kappa shape index (κ2) is 5.41. The van der Waals surface area contributed by atoms with E-state index in [-0.39, 0.29) is 18.2 Å². The molecule has 0 aromatic heterocycles. The molecule has 0 bridgehead atoms. The van der Waals surface area contributed by atoms with Crippen molar-refractivity contribution in [1.29, 1.82) is 5.26 Å². The smallest absolute Gasteiger partial charge is 0.229 e. The number of anilines is 1. The molecule has 0 radical (unpaired) electrons. The second-order valence-electron chi connectivity index (χ2n) is 5.93. The monoisotopic (exact) mass is 301 g/mol. The number of amides is 2. The number of nitrogens with zero attached hydrogens (tertiary/aromatic N) is 1. The summed E-state index contributed by atoms with van der Waals surface area (Å²) in [4.78, 5) is 24.3. The largest absolute Gasteiger partial charge is 0.337 e. The molecule has 1 heterocycles. The number of halogens is 1. The SMILES string of the molecule is N#CC1(NC(=O)C2CC(=O)Nc3cc(F)ccc32)CCCC1. The Morgan fingerprint density at radius 3 is 2.82 bits per heavy atom. The lowest BCUT2D eigenvalue weighted by Gasteiger charge is -2.29. The van der Waals surface area contributed by atoms with Crippen molar-refractivity contribution in [2.75, 3.05) is 5.32 Å². The molecule has 2 aliphatic rings. The Balaban J connectivity index is 1.87. The minimum absolute atomic E-state index is 0.00593. The molecule has 2 amide bonds. The topological polar surface area (TPSA) is 82.0 Å². The highest BCUT2D eigenvalue weighted by atomic mass is 19.1. The van der Waals surface area contributed by atoms with Crippen LogP contribution in [0.3, 0.4) is 0 Å². The van der Waals surface area contributed by atoms with E-state index in [1.807, 2.05) is 0 Å². The molecule has 114 valence electrons. The van der Waals surface area contributed by atoms with Crippen molar-refractivity contribution in [2.24, 2.45) is 0 Å². The van der Waals surface area contributed by atoms with Crippen LogP contribution in [0.1, 0.15) is 43.6 Å². The molecule has 1 aliphatic carbocycles. The number of fused-ring (bicyclic) bond motifs is 1. The minimum atomic E-state index is -0.828. The number of rotatable bonds is 2. The fourth-order valence-corrected chi connectivity index (χ4v) is 3.24. The predicted molar refractivity (Wildman–Crippen MR) is 77.3 cm³/mol. The van der Waals surface area contributed by atoms with Gasteiger partial charge in [-0.2, -0.15) is 5.26 Å². The molecular formula is C16H16FN3O2. The van der Waals surface area contributed by atoms with E-state index in [1.165, 1.54) is 18.2 Å². The fourth-order valence-electron chi connectivity index (χ4n) is 3.24. The zero-order valence-electron chi connectivity index (χ0n) is 12.0. The van der Waals surface area contributed by atoms with Crippen LogP contribution in [0.25, 0.3) is 0 Å². The summed E-state index contributed by atoms with van der Waals surface area (Å²) in [7, 11) is 0. The quantitative estimate of drug-likeness (QED) is 0.878. The van der Waals surface area contributed by atoms with E-state index in [9.17, 15) is 19.2 Å². The number of nitriles is 1. The van der Waals surface area contributed by atoms with Gasteiger partial charge in [-0.15, -0.1) is 0 Å². The molecule has 1 atom stereocenters. The molecule has 0 saturated heterocycles. The molecule has 1 saturated carbocycles. The lowest BCUT2D eigenvalue weighted by Crippen LogP contribution is -2.48. The average molecular weight is 301 g/mol. The van der Waals surface area contributed by atoms with Crippen LogP contribution in [0.5, 0.6) is 0 Å². The maximum Gasteiger partial charge on any atom is 0.229 e. The van der Waals surface area contributed by atoms with Crippen molar-refractivity contribution in [1.82, 2.24) is 5.32 Å². The van der Waals surface area contributed by atoms with Crippen molar-refractivity contribution >= 4 is 17.5 Å². The van der Waals surface area contributed by atoms with Gasteiger partial charge in [0.1, 0.15) is 11.4 Å². The van der Waals surface area contributed by atoms with Crippen LogP contribution in [0.15, 0.2) is 18.2 Å². The van der Waals surface area contributed by atoms with E-state index >= 15 is 0 Å². The molecule has 22 heavy (non-hydrogen) atoms. The third-order valence-electron chi connectivity index (χ3n) is 4.40. The highest BCUT2D eigenvalue weighted by Gasteiger charge is 2.39. The lowest BCUT2D eigenvalue weighted by atomic mass is 9.88. The van der Waals surface area contributed by atoms with E-state index in [0.717, 1.165) is 12.8 Å². The Morgan fingerprint density at radius 1 is 1.41 bits per heavy atom. The van der Waals surface area contributed by atoms with Crippen molar-refractivity contribution < 1.29 is 14.0 Å². The normalized spacial score (nSPS) is 22.4. The summed E-state index contributed by atoms with van der Waals surface area (Å²) in [6.45, 7) is 0. The van der Waals surface area contributed by atoms with Crippen LogP contribution >= 0.6 is 0 Å². The van der Waals surface area contributed by atoms with E-state index in [2.05, 4.69) is 16.7 Å². The number of hydrogen-bond acceptors (Lipinski definition) is 3. The van der Waals surface area contributed by atoms with Gasteiger partial charge in [0, 0.05) is 12.1 Å². The average Bonchev–Trinajstić information content (AvgIpc) is 2.95. The van der Waals surface area contributed by atoms with Gasteiger partial charge in [0.15, 0.2) is 0 Å². The zero-order chi connectivity index (χ0) is 15.7. The molecule has 5 nitrogen and oxygen atoms in total. The van der Waals surface area contributed by atoms with E-state index < -0.39 is 17.3 Å². The molecule has 1 fully saturated rings. The Labute approximate surface area is 127 Å². The first-order valence-corrected chi connectivity index (χ1v) is 7.36. The molecule has 0 spiro atoms. The summed E-state index contributed by atoms with van der Waals surface area (Å²) in [5.41, 5.74) is 0.0870. The van der Waals surface area contributed by atoms with Crippen LogP contribution < -0.4 is 10.6 Å². The molecular weight excluding hydrogens is 285 g/mol. The van der Waals surface area contributed by atoms with Crippen molar-refractivity contribution in [2.45, 2.75) is 43.6 Å². The summed E-state index contributed by atoms with van der Waals surface area (Å²) in [6.07, 6.45) is 3.07. The van der Waals surface area contributed by atoms with E-state index in [0.29, 0.717) is 24.1 Å². The van der Waals surface area contributed by atoms with Crippen molar-refractivity contribution in [3.05, 3.63) is 29.6 Å². The Hall–Kier alpha value is -2.42. The maximum atomic E-state index is 13.3. The molecule has 1 aromatic carbocycles. The third-order valence-corrected chi connectivity index (χ3v) is 4.40. The van der Waals surface area contributed by atoms with Crippen molar-refractivity contribution in [3.63, 3.8) is 0 Å². The summed E-state index contributed by atoms with van der Waals surface area (Å²) in [5, 5.41) is 14.7. The van der Waals surface area contributed by atoms with Gasteiger partial charge in [-0.25, -0.2) is 4.39 Å². The van der Waals surface area contributed by atoms with Gasteiger partial charge in [-0.05, 0) is 43.4 Å². The number of nitrogens with one attached hydrogen (secondary N) is 2. The Bertz CT molecular complexity index is 674. The van der Waals surface area contributed by atoms with Gasteiger partial charge < -0.3 is 10.6 Å². The van der Waals surface area contributed by atoms with Gasteiger partial charge in [0.05, 0.1) is 12.0 Å². The lowest BCUT2D eigenvalue weighted by molar-refractivity contribution is -0.127. The number of benzene rings is 1. The number of hydrogen-bond donors (Lipinski definition) is 2. The van der Waals surface area contributed by atoms with Gasteiger partial charge >= 0.3 is 0 Å². The molecule has 1 aliphatic heterocycles. The molecule has 1 unspecified atom stereocenters. The van der Waals surface area contributed by atoms with Crippen LogP contribution in [-0.2, 0) is 9.59 Å². The predicted octanol–water partition coefficient (Wildman–Crippen LogP) is 2.20. The van der Waals surface area contributed by atoms with E-state index in [1.54, 1.807) is 0 Å². The van der Waals surface area contributed by atoms with Crippen LogP contribution in [0, 0.1) is 17.1 Å². The number of carbonyl (C=O) groups excluding carboxylic acids is 2. The summed E-state index contributed by atoms with van der Waals surface area (Å²) < 4.78 is 13.3. The minimum Gasteiger partial charge on any atom is -0.337 e. The molecule has 1 aromatic rings. The van der Waals surface area contributed by atoms with Gasteiger partial charge in [-0.3, -0.25) is 9.59 Å². The maximum absolute atomic E-state index is 13.3. The molecule has 2 N–H and O–H groups in total. The van der Waals surface area contributed by atoms with Crippen LogP contribution in [0.4, 0.5) is 10.1 Å². The Kier molecular flexibility index (Phi) is 3.57. The third kappa shape index (κ3) is 2.54. The summed E-state index contributed by atoms with van der Waals surface area (Å²) >= 11 is 0. The first-order valence-electron chi connectivity index (χ1n) is 7.36. The summed E-state index contributed by atoms with van der Waals surface area (Å²) in [5.74, 6) is -1.82. The summed E-state index contributed by atoms with van der Waals surface area (Å²) in [6, 6.07) is 6.20. The van der Waals surface area contributed by atoms with E-state index in [4.69, 9.17) is 0 Å². The first-order chi connectivity index (χ1) is 10.5. The fraction of sp³-hybridized carbons (Fsp3) is 0.438. The highest BCUT2D eigenvalue weighted by Crippen LogP contribution is 2.35. The number of carbonyl (C=O) groups is 2. The zero-order valence-corrected chi connectivity index (χ0v) is 12.0. The molecule has 3 rings (SSSR count). The second-order valence-corrected chi connectivity index (χ2v) is 5.93. The first kappa shape index (κ1) is 14.5.